The third-order valence-electron chi connectivity index (χ3n) is 3.18. The molecule has 1 fully saturated rings. The third kappa shape index (κ3) is 3.23. The first-order valence-corrected chi connectivity index (χ1v) is 5.72. The number of rotatable bonds is 4. The van der Waals surface area contributed by atoms with Crippen LogP contribution in [-0.4, -0.2) is 37.9 Å². The second-order valence-electron chi connectivity index (χ2n) is 4.34. The minimum atomic E-state index is 0.341. The molecule has 1 aliphatic heterocycles. The summed E-state index contributed by atoms with van der Waals surface area (Å²) in [5.41, 5.74) is 0. The molecule has 0 spiro atoms. The van der Waals surface area contributed by atoms with Gasteiger partial charge in [-0.2, -0.15) is 0 Å². The van der Waals surface area contributed by atoms with Crippen LogP contribution in [0.4, 0.5) is 0 Å². The average Bonchev–Trinajstić information content (AvgIpc) is 2.21. The van der Waals surface area contributed by atoms with E-state index >= 15 is 0 Å². The normalized spacial score (nSPS) is 35.6. The summed E-state index contributed by atoms with van der Waals surface area (Å²) in [5.74, 6) is 0. The Morgan fingerprint density at radius 3 is 2.79 bits per heavy atom. The van der Waals surface area contributed by atoms with Gasteiger partial charge in [-0.3, -0.25) is 0 Å². The first-order chi connectivity index (χ1) is 6.67. The fraction of sp³-hybridized carbons (Fsp3) is 1.00. The molecule has 3 nitrogen and oxygen atoms in total. The van der Waals surface area contributed by atoms with E-state index < -0.39 is 0 Å². The van der Waals surface area contributed by atoms with Crippen molar-refractivity contribution in [3.05, 3.63) is 0 Å². The third-order valence-corrected chi connectivity index (χ3v) is 3.18. The van der Waals surface area contributed by atoms with E-state index in [4.69, 9.17) is 4.74 Å². The standard InChI is InChI=1S/C11H24N2O/c1-5-8(2)13-11-6-10(12-4)7-14-9(11)3/h8-13H,5-7H2,1-4H3. The van der Waals surface area contributed by atoms with Crippen LogP contribution < -0.4 is 10.6 Å². The summed E-state index contributed by atoms with van der Waals surface area (Å²) >= 11 is 0. The predicted octanol–water partition coefficient (Wildman–Crippen LogP) is 1.14. The predicted molar refractivity (Wildman–Crippen MR) is 59.6 cm³/mol. The van der Waals surface area contributed by atoms with Gasteiger partial charge in [-0.25, -0.2) is 0 Å². The van der Waals surface area contributed by atoms with Crippen LogP contribution in [0.15, 0.2) is 0 Å². The fourth-order valence-corrected chi connectivity index (χ4v) is 1.84. The van der Waals surface area contributed by atoms with E-state index in [-0.39, 0.29) is 0 Å². The van der Waals surface area contributed by atoms with Crippen molar-refractivity contribution >= 4 is 0 Å². The van der Waals surface area contributed by atoms with Crippen LogP contribution in [0.5, 0.6) is 0 Å². The van der Waals surface area contributed by atoms with Crippen molar-refractivity contribution in [3.63, 3.8) is 0 Å². The highest BCUT2D eigenvalue weighted by Gasteiger charge is 2.27. The summed E-state index contributed by atoms with van der Waals surface area (Å²) < 4.78 is 5.71. The highest BCUT2D eigenvalue weighted by molar-refractivity contribution is 4.86. The fourth-order valence-electron chi connectivity index (χ4n) is 1.84. The summed E-state index contributed by atoms with van der Waals surface area (Å²) in [6.07, 6.45) is 2.68. The van der Waals surface area contributed by atoms with Crippen LogP contribution >= 0.6 is 0 Å². The lowest BCUT2D eigenvalue weighted by atomic mass is 9.99. The maximum absolute atomic E-state index is 5.71. The number of hydrogen-bond acceptors (Lipinski definition) is 3. The maximum atomic E-state index is 5.71. The van der Waals surface area contributed by atoms with Crippen molar-refractivity contribution < 1.29 is 4.74 Å². The maximum Gasteiger partial charge on any atom is 0.0701 e. The summed E-state index contributed by atoms with van der Waals surface area (Å²) in [7, 11) is 2.00. The molecule has 0 bridgehead atoms. The first kappa shape index (κ1) is 12.0. The molecule has 4 unspecified atom stereocenters. The smallest absolute Gasteiger partial charge is 0.0701 e. The van der Waals surface area contributed by atoms with Crippen LogP contribution in [0.25, 0.3) is 0 Å². The zero-order valence-electron chi connectivity index (χ0n) is 9.84. The van der Waals surface area contributed by atoms with Gasteiger partial charge in [-0.15, -0.1) is 0 Å². The lowest BCUT2D eigenvalue weighted by Gasteiger charge is -2.36. The van der Waals surface area contributed by atoms with Gasteiger partial charge in [0.1, 0.15) is 0 Å². The minimum Gasteiger partial charge on any atom is -0.375 e. The van der Waals surface area contributed by atoms with Gasteiger partial charge in [-0.1, -0.05) is 6.92 Å². The van der Waals surface area contributed by atoms with Crippen LogP contribution in [-0.2, 0) is 4.74 Å². The average molecular weight is 200 g/mol. The Balaban J connectivity index is 2.40. The van der Waals surface area contributed by atoms with E-state index in [0.717, 1.165) is 6.61 Å². The second-order valence-corrected chi connectivity index (χ2v) is 4.34. The lowest BCUT2D eigenvalue weighted by Crippen LogP contribution is -2.53. The molecular formula is C11H24N2O. The monoisotopic (exact) mass is 200 g/mol. The van der Waals surface area contributed by atoms with Crippen LogP contribution in [0.3, 0.4) is 0 Å². The molecule has 14 heavy (non-hydrogen) atoms. The Hall–Kier alpha value is -0.120. The molecule has 84 valence electrons. The van der Waals surface area contributed by atoms with Gasteiger partial charge in [0.25, 0.3) is 0 Å². The van der Waals surface area contributed by atoms with Crippen LogP contribution in [0.2, 0.25) is 0 Å². The van der Waals surface area contributed by atoms with Crippen LogP contribution in [0, 0.1) is 0 Å². The zero-order chi connectivity index (χ0) is 10.6. The first-order valence-electron chi connectivity index (χ1n) is 5.72. The molecule has 0 aliphatic carbocycles. The van der Waals surface area contributed by atoms with Gasteiger partial charge in [0, 0.05) is 18.1 Å². The highest BCUT2D eigenvalue weighted by atomic mass is 16.5. The molecule has 1 rings (SSSR count). The Morgan fingerprint density at radius 1 is 1.50 bits per heavy atom. The molecule has 1 saturated heterocycles. The van der Waals surface area contributed by atoms with E-state index in [1.807, 2.05) is 7.05 Å². The molecule has 0 aromatic rings. The summed E-state index contributed by atoms with van der Waals surface area (Å²) in [6, 6.07) is 1.59. The zero-order valence-corrected chi connectivity index (χ0v) is 9.84. The number of nitrogens with one attached hydrogen (secondary N) is 2. The van der Waals surface area contributed by atoms with Gasteiger partial charge in [0.05, 0.1) is 12.7 Å². The molecule has 0 aromatic carbocycles. The Kier molecular flexibility index (Phi) is 4.85. The molecule has 1 aliphatic rings. The molecule has 1 heterocycles. The van der Waals surface area contributed by atoms with Gasteiger partial charge < -0.3 is 15.4 Å². The lowest BCUT2D eigenvalue weighted by molar-refractivity contribution is -0.0166. The highest BCUT2D eigenvalue weighted by Crippen LogP contribution is 2.15. The van der Waals surface area contributed by atoms with Gasteiger partial charge >= 0.3 is 0 Å². The van der Waals surface area contributed by atoms with Crippen molar-refractivity contribution in [2.45, 2.75) is 57.8 Å². The molecule has 0 aromatic heterocycles. The number of ether oxygens (including phenoxy) is 1. The molecule has 0 saturated carbocycles. The summed E-state index contributed by atoms with van der Waals surface area (Å²) in [6.45, 7) is 7.44. The van der Waals surface area contributed by atoms with Crippen molar-refractivity contribution in [1.29, 1.82) is 0 Å². The van der Waals surface area contributed by atoms with Gasteiger partial charge in [0.2, 0.25) is 0 Å². The quantitative estimate of drug-likeness (QED) is 0.714. The topological polar surface area (TPSA) is 33.3 Å². The molecular weight excluding hydrogens is 176 g/mol. The van der Waals surface area contributed by atoms with E-state index in [1.165, 1.54) is 12.8 Å². The van der Waals surface area contributed by atoms with Crippen molar-refractivity contribution in [2.75, 3.05) is 13.7 Å². The molecule has 0 amide bonds. The van der Waals surface area contributed by atoms with Gasteiger partial charge in [-0.05, 0) is 33.7 Å². The van der Waals surface area contributed by atoms with Gasteiger partial charge in [0.15, 0.2) is 0 Å². The number of likely N-dealkylation sites (N-methyl/N-ethyl adjacent to an activating group) is 1. The van der Waals surface area contributed by atoms with E-state index in [0.29, 0.717) is 24.2 Å². The van der Waals surface area contributed by atoms with Crippen molar-refractivity contribution in [3.8, 4) is 0 Å². The largest absolute Gasteiger partial charge is 0.375 e. The second kappa shape index (κ2) is 5.69. The minimum absolute atomic E-state index is 0.341. The molecule has 4 atom stereocenters. The van der Waals surface area contributed by atoms with Crippen molar-refractivity contribution in [1.82, 2.24) is 10.6 Å². The van der Waals surface area contributed by atoms with E-state index in [2.05, 4.69) is 31.4 Å². The Labute approximate surface area is 87.6 Å². The number of hydrogen-bond donors (Lipinski definition) is 2. The SMILES string of the molecule is CCC(C)NC1CC(NC)COC1C. The molecule has 2 N–H and O–H groups in total. The Bertz CT molecular complexity index is 161. The van der Waals surface area contributed by atoms with Crippen molar-refractivity contribution in [2.24, 2.45) is 0 Å². The van der Waals surface area contributed by atoms with Crippen LogP contribution in [0.1, 0.15) is 33.6 Å². The van der Waals surface area contributed by atoms with E-state index in [1.54, 1.807) is 0 Å². The summed E-state index contributed by atoms with van der Waals surface area (Å²) in [4.78, 5) is 0. The van der Waals surface area contributed by atoms with E-state index in [9.17, 15) is 0 Å². The Morgan fingerprint density at radius 2 is 2.21 bits per heavy atom. The summed E-state index contributed by atoms with van der Waals surface area (Å²) in [5, 5.41) is 6.90. The molecule has 3 heteroatoms. The molecule has 0 radical (unpaired) electrons.